The van der Waals surface area contributed by atoms with Crippen LogP contribution in [0.3, 0.4) is 0 Å². The van der Waals surface area contributed by atoms with Crippen LogP contribution in [0.2, 0.25) is 0 Å². The van der Waals surface area contributed by atoms with Crippen LogP contribution >= 0.6 is 0 Å². The van der Waals surface area contributed by atoms with Crippen LogP contribution in [0.5, 0.6) is 5.75 Å². The van der Waals surface area contributed by atoms with Gasteiger partial charge < -0.3 is 5.11 Å². The molecule has 1 aromatic carbocycles. The van der Waals surface area contributed by atoms with E-state index in [1.54, 1.807) is 6.07 Å². The number of nitrogens with zero attached hydrogens (tertiary/aromatic N) is 1. The van der Waals surface area contributed by atoms with Gasteiger partial charge in [0.15, 0.2) is 7.05 Å². The molecule has 1 N–H and O–H groups in total. The minimum Gasteiger partial charge on any atom is -0.508 e. The van der Waals surface area contributed by atoms with Gasteiger partial charge in [-0.15, -0.1) is 0 Å². The molecular formula is C8H11NO3. The molecule has 0 saturated carbocycles. The van der Waals surface area contributed by atoms with Gasteiger partial charge in [-0.1, -0.05) is 18.2 Å². The van der Waals surface area contributed by atoms with Crippen LogP contribution in [0.15, 0.2) is 24.3 Å². The van der Waals surface area contributed by atoms with Crippen molar-refractivity contribution in [2.24, 2.45) is 0 Å². The highest BCUT2D eigenvalue weighted by molar-refractivity contribution is 5.29. The topological polar surface area (TPSA) is 63.4 Å². The number of aryl methyl sites for hydroxylation is 1. The number of para-hydroxylation sites is 1. The standard InChI is InChI=1S/C7H8O.CH3NO2/c1-6-4-2-3-5-7(6)8;1-2(3)4/h2-5,8H,1H3;1H3. The predicted molar refractivity (Wildman–Crippen MR) is 45.8 cm³/mol. The van der Waals surface area contributed by atoms with E-state index in [4.69, 9.17) is 15.2 Å². The maximum absolute atomic E-state index is 8.92. The second-order valence-corrected chi connectivity index (χ2v) is 2.23. The number of phenols is 1. The molecule has 0 heterocycles. The molecule has 0 bridgehead atoms. The van der Waals surface area contributed by atoms with Crippen LogP contribution in [0, 0.1) is 17.0 Å². The fraction of sp³-hybridized carbons (Fsp3) is 0.250. The third-order valence-electron chi connectivity index (χ3n) is 1.12. The lowest BCUT2D eigenvalue weighted by Gasteiger charge is -1.92. The van der Waals surface area contributed by atoms with Crippen molar-refractivity contribution in [3.63, 3.8) is 0 Å². The van der Waals surface area contributed by atoms with E-state index in [-0.39, 0.29) is 0 Å². The van der Waals surface area contributed by atoms with Crippen molar-refractivity contribution in [1.29, 1.82) is 0 Å². The summed E-state index contributed by atoms with van der Waals surface area (Å²) in [6.45, 7) is 1.87. The number of hydrogen-bond donors (Lipinski definition) is 1. The minimum absolute atomic E-state index is 0.368. The van der Waals surface area contributed by atoms with E-state index in [0.29, 0.717) is 5.75 Å². The van der Waals surface area contributed by atoms with Gasteiger partial charge >= 0.3 is 0 Å². The van der Waals surface area contributed by atoms with E-state index in [9.17, 15) is 0 Å². The molecule has 0 spiro atoms. The fourth-order valence-corrected chi connectivity index (χ4v) is 0.563. The van der Waals surface area contributed by atoms with E-state index in [1.807, 2.05) is 25.1 Å². The first kappa shape index (κ1) is 10.4. The van der Waals surface area contributed by atoms with Crippen molar-refractivity contribution >= 4 is 0 Å². The Kier molecular flexibility index (Phi) is 4.45. The molecule has 0 fully saturated rings. The third kappa shape index (κ3) is 5.22. The molecule has 0 aromatic heterocycles. The zero-order chi connectivity index (χ0) is 9.56. The summed E-state index contributed by atoms with van der Waals surface area (Å²) in [5.41, 5.74) is 0.924. The first-order chi connectivity index (χ1) is 5.54. The van der Waals surface area contributed by atoms with Crippen LogP contribution in [0.1, 0.15) is 5.56 Å². The number of nitro groups is 1. The Morgan fingerprint density at radius 2 is 1.83 bits per heavy atom. The van der Waals surface area contributed by atoms with Gasteiger partial charge in [0.25, 0.3) is 0 Å². The molecule has 1 rings (SSSR count). The summed E-state index contributed by atoms with van der Waals surface area (Å²) >= 11 is 0. The molecule has 0 unspecified atom stereocenters. The maximum atomic E-state index is 8.92. The fourth-order valence-electron chi connectivity index (χ4n) is 0.563. The summed E-state index contributed by atoms with van der Waals surface area (Å²) in [5.74, 6) is 0.368. The molecule has 12 heavy (non-hydrogen) atoms. The molecule has 0 atom stereocenters. The highest BCUT2D eigenvalue weighted by atomic mass is 16.6. The van der Waals surface area contributed by atoms with Crippen LogP contribution in [-0.2, 0) is 0 Å². The number of hydrogen-bond acceptors (Lipinski definition) is 3. The van der Waals surface area contributed by atoms with Gasteiger partial charge in [-0.3, -0.25) is 10.1 Å². The Labute approximate surface area is 70.6 Å². The predicted octanol–water partition coefficient (Wildman–Crippen LogP) is 1.59. The van der Waals surface area contributed by atoms with Crippen molar-refractivity contribution in [3.8, 4) is 5.75 Å². The molecule has 66 valence electrons. The molecule has 4 heteroatoms. The maximum Gasteiger partial charge on any atom is 0.194 e. The Bertz CT molecular complexity index is 235. The molecule has 0 aliphatic carbocycles. The smallest absolute Gasteiger partial charge is 0.194 e. The molecular weight excluding hydrogens is 158 g/mol. The summed E-state index contributed by atoms with van der Waals surface area (Å²) in [6, 6.07) is 7.25. The average molecular weight is 169 g/mol. The van der Waals surface area contributed by atoms with Gasteiger partial charge in [0.1, 0.15) is 5.75 Å². The molecule has 0 aliphatic heterocycles. The molecule has 1 aromatic rings. The summed E-state index contributed by atoms with van der Waals surface area (Å²) in [4.78, 5) is 8.31. The summed E-state index contributed by atoms with van der Waals surface area (Å²) in [6.07, 6.45) is 0. The Morgan fingerprint density at radius 1 is 1.42 bits per heavy atom. The zero-order valence-electron chi connectivity index (χ0n) is 7.02. The third-order valence-corrected chi connectivity index (χ3v) is 1.12. The lowest BCUT2D eigenvalue weighted by molar-refractivity contribution is -0.445. The van der Waals surface area contributed by atoms with E-state index >= 15 is 0 Å². The van der Waals surface area contributed by atoms with Crippen molar-refractivity contribution < 1.29 is 10.0 Å². The Morgan fingerprint density at radius 3 is 2.08 bits per heavy atom. The summed E-state index contributed by atoms with van der Waals surface area (Å²) in [5, 5.41) is 17.7. The average Bonchev–Trinajstić information content (AvgIpc) is 1.94. The summed E-state index contributed by atoms with van der Waals surface area (Å²) < 4.78 is 0. The molecule has 0 aliphatic rings. The molecule has 0 saturated heterocycles. The van der Waals surface area contributed by atoms with Crippen molar-refractivity contribution in [3.05, 3.63) is 39.9 Å². The number of phenolic OH excluding ortho intramolecular Hbond substituents is 1. The van der Waals surface area contributed by atoms with Gasteiger partial charge in [0, 0.05) is 4.92 Å². The van der Waals surface area contributed by atoms with Gasteiger partial charge in [-0.2, -0.15) is 0 Å². The minimum atomic E-state index is -0.500. The van der Waals surface area contributed by atoms with Gasteiger partial charge in [-0.05, 0) is 18.6 Å². The quantitative estimate of drug-likeness (QED) is 0.473. The Hall–Kier alpha value is -1.58. The molecule has 0 radical (unpaired) electrons. The van der Waals surface area contributed by atoms with Gasteiger partial charge in [0.2, 0.25) is 0 Å². The van der Waals surface area contributed by atoms with E-state index in [0.717, 1.165) is 12.6 Å². The van der Waals surface area contributed by atoms with Crippen LogP contribution in [0.25, 0.3) is 0 Å². The Balaban J connectivity index is 0.000000261. The van der Waals surface area contributed by atoms with Gasteiger partial charge in [-0.25, -0.2) is 0 Å². The van der Waals surface area contributed by atoms with E-state index in [1.165, 1.54) is 0 Å². The monoisotopic (exact) mass is 169 g/mol. The highest BCUT2D eigenvalue weighted by Crippen LogP contribution is 2.12. The summed E-state index contributed by atoms with van der Waals surface area (Å²) in [7, 11) is 0.889. The second kappa shape index (κ2) is 5.12. The van der Waals surface area contributed by atoms with Gasteiger partial charge in [0.05, 0.1) is 0 Å². The number of rotatable bonds is 0. The van der Waals surface area contributed by atoms with E-state index in [2.05, 4.69) is 0 Å². The number of benzene rings is 1. The van der Waals surface area contributed by atoms with Crippen molar-refractivity contribution in [2.75, 3.05) is 7.05 Å². The lowest BCUT2D eigenvalue weighted by atomic mass is 10.2. The number of aromatic hydroxyl groups is 1. The van der Waals surface area contributed by atoms with Crippen molar-refractivity contribution in [2.45, 2.75) is 6.92 Å². The van der Waals surface area contributed by atoms with Crippen LogP contribution in [0.4, 0.5) is 0 Å². The van der Waals surface area contributed by atoms with Crippen LogP contribution < -0.4 is 0 Å². The van der Waals surface area contributed by atoms with Crippen LogP contribution in [-0.4, -0.2) is 17.1 Å². The highest BCUT2D eigenvalue weighted by Gasteiger charge is 1.86. The molecule has 4 nitrogen and oxygen atoms in total. The molecule has 0 amide bonds. The second-order valence-electron chi connectivity index (χ2n) is 2.23. The first-order valence-electron chi connectivity index (χ1n) is 3.36. The largest absolute Gasteiger partial charge is 0.508 e. The first-order valence-corrected chi connectivity index (χ1v) is 3.36. The van der Waals surface area contributed by atoms with Crippen molar-refractivity contribution in [1.82, 2.24) is 0 Å². The normalized spacial score (nSPS) is 8.17. The lowest BCUT2D eigenvalue weighted by Crippen LogP contribution is -1.79. The van der Waals surface area contributed by atoms with E-state index < -0.39 is 4.92 Å². The SMILES string of the molecule is C[N+](=O)[O-].Cc1ccccc1O. The zero-order valence-corrected chi connectivity index (χ0v) is 7.02.